The van der Waals surface area contributed by atoms with E-state index in [4.69, 9.17) is 2.74 Å². The zero-order valence-electron chi connectivity index (χ0n) is 6.39. The number of benzene rings is 1. The molecule has 1 rings (SSSR count). The first-order chi connectivity index (χ1) is 5.15. The molecule has 9 heavy (non-hydrogen) atoms. The second-order valence-electron chi connectivity index (χ2n) is 1.40. The molecule has 0 radical (unpaired) electrons. The summed E-state index contributed by atoms with van der Waals surface area (Å²) >= 11 is -1.41. The molecule has 0 aliphatic carbocycles. The molecule has 0 bridgehead atoms. The monoisotopic (exact) mass is 188 g/mol. The molecule has 3 heteroatoms. The Kier molecular flexibility index (Phi) is 1.39. The summed E-state index contributed by atoms with van der Waals surface area (Å²) in [5.41, 5.74) is 0. The molecule has 0 fully saturated rings. The molecule has 0 saturated heterocycles. The fourth-order valence-corrected chi connectivity index (χ4v) is 0.903. The van der Waals surface area contributed by atoms with E-state index in [2.05, 4.69) is 0 Å². The van der Waals surface area contributed by atoms with Crippen molar-refractivity contribution in [1.29, 1.82) is 0 Å². The van der Waals surface area contributed by atoms with Crippen molar-refractivity contribution in [2.24, 2.45) is 0 Å². The Labute approximate surface area is 61.6 Å². The van der Waals surface area contributed by atoms with Gasteiger partial charge in [-0.25, -0.2) is 0 Å². The fraction of sp³-hybridized carbons (Fsp3) is 0. The first-order valence-corrected chi connectivity index (χ1v) is 3.95. The number of rotatable bonds is 1. The Morgan fingerprint density at radius 1 is 1.56 bits per heavy atom. The molecule has 0 aliphatic heterocycles. The van der Waals surface area contributed by atoms with Crippen LogP contribution in [0, 0.1) is 5.82 Å². The van der Waals surface area contributed by atoms with E-state index in [1.807, 2.05) is 0 Å². The normalized spacial score (nSPS) is 13.0. The van der Waals surface area contributed by atoms with Gasteiger partial charge in [0.1, 0.15) is 0 Å². The van der Waals surface area contributed by atoms with E-state index < -0.39 is 21.5 Å². The number of halogens is 1. The summed E-state index contributed by atoms with van der Waals surface area (Å²) in [6, 6.07) is 1.62. The van der Waals surface area contributed by atoms with Crippen molar-refractivity contribution < 1.29 is 10.9 Å². The summed E-state index contributed by atoms with van der Waals surface area (Å²) in [5, 5.41) is 0. The molecule has 0 aromatic heterocycles. The molecule has 1 aromatic rings. The average molecular weight is 188 g/mol. The number of hydrogen-bond donors (Lipinski definition) is 0. The van der Waals surface area contributed by atoms with Crippen molar-refractivity contribution >= 4 is 20.0 Å². The van der Waals surface area contributed by atoms with E-state index in [9.17, 15) is 8.13 Å². The van der Waals surface area contributed by atoms with Gasteiger partial charge in [0.2, 0.25) is 0 Å². The molecule has 0 aliphatic rings. The van der Waals surface area contributed by atoms with Gasteiger partial charge in [0.05, 0.1) is 0 Å². The molecule has 0 saturated carbocycles. The van der Waals surface area contributed by atoms with E-state index in [-0.39, 0.29) is 16.4 Å². The van der Waals surface area contributed by atoms with Crippen LogP contribution in [0.4, 0.5) is 4.39 Å². The van der Waals surface area contributed by atoms with E-state index >= 15 is 0 Å². The third-order valence-corrected chi connectivity index (χ3v) is 1.71. The second kappa shape index (κ2) is 2.88. The van der Waals surface area contributed by atoms with Crippen LogP contribution in [-0.2, 0) is 3.74 Å². The maximum atomic E-state index is 12.4. The van der Waals surface area contributed by atoms with E-state index in [1.165, 1.54) is 0 Å². The van der Waals surface area contributed by atoms with Gasteiger partial charge in [-0.05, 0) is 0 Å². The van der Waals surface area contributed by atoms with Crippen molar-refractivity contribution in [3.63, 3.8) is 0 Å². The predicted molar refractivity (Wildman–Crippen MR) is 32.5 cm³/mol. The van der Waals surface area contributed by atoms with Gasteiger partial charge in [-0.15, -0.1) is 0 Å². The Balaban J connectivity index is 3.36. The predicted octanol–water partition coefficient (Wildman–Crippen LogP) is 0.501. The molecule has 0 N–H and O–H groups in total. The van der Waals surface area contributed by atoms with Gasteiger partial charge in [0.25, 0.3) is 0 Å². The van der Waals surface area contributed by atoms with Gasteiger partial charge < -0.3 is 0 Å². The molecule has 0 heterocycles. The maximum absolute atomic E-state index is 12.4. The first kappa shape index (κ1) is 4.34. The SMILES string of the molecule is [2H]c1cc(F)cc([2H])c1[As]=O. The summed E-state index contributed by atoms with van der Waals surface area (Å²) in [6.45, 7) is 0. The summed E-state index contributed by atoms with van der Waals surface area (Å²) < 4.78 is 37.2. The molecular formula is C6H4AsFO. The van der Waals surface area contributed by atoms with Gasteiger partial charge in [-0.2, -0.15) is 0 Å². The average Bonchev–Trinajstić information content (AvgIpc) is 1.85. The quantitative estimate of drug-likeness (QED) is 0.586. The van der Waals surface area contributed by atoms with Gasteiger partial charge >= 0.3 is 60.9 Å². The zero-order valence-corrected chi connectivity index (χ0v) is 6.26. The van der Waals surface area contributed by atoms with Crippen LogP contribution >= 0.6 is 0 Å². The van der Waals surface area contributed by atoms with Crippen LogP contribution in [-0.4, -0.2) is 15.7 Å². The fourth-order valence-electron chi connectivity index (χ4n) is 0.411. The molecule has 0 spiro atoms. The molecule has 0 amide bonds. The molecule has 0 atom stereocenters. The van der Waals surface area contributed by atoms with Crippen molar-refractivity contribution in [2.75, 3.05) is 0 Å². The minimum atomic E-state index is -1.41. The van der Waals surface area contributed by atoms with Crippen LogP contribution in [0.1, 0.15) is 2.74 Å². The Hall–Kier alpha value is -0.492. The van der Waals surface area contributed by atoms with Crippen LogP contribution < -0.4 is 4.35 Å². The Morgan fingerprint density at radius 3 is 2.56 bits per heavy atom. The van der Waals surface area contributed by atoms with E-state index in [1.54, 1.807) is 0 Å². The Morgan fingerprint density at radius 2 is 2.11 bits per heavy atom. The molecule has 1 aromatic carbocycles. The third-order valence-electron chi connectivity index (χ3n) is 0.785. The van der Waals surface area contributed by atoms with Crippen LogP contribution in [0.25, 0.3) is 0 Å². The molecule has 46 valence electrons. The van der Waals surface area contributed by atoms with E-state index in [0.29, 0.717) is 0 Å². The molecule has 0 unspecified atom stereocenters. The number of hydrogen-bond acceptors (Lipinski definition) is 1. The van der Waals surface area contributed by atoms with Crippen molar-refractivity contribution in [3.05, 3.63) is 30.0 Å². The second-order valence-corrected chi connectivity index (χ2v) is 2.72. The minimum absolute atomic E-state index is 0.141. The molecular weight excluding hydrogens is 182 g/mol. The van der Waals surface area contributed by atoms with Gasteiger partial charge in [-0.3, -0.25) is 0 Å². The van der Waals surface area contributed by atoms with Crippen LogP contribution in [0.3, 0.4) is 0 Å². The van der Waals surface area contributed by atoms with Crippen molar-refractivity contribution in [3.8, 4) is 0 Å². The van der Waals surface area contributed by atoms with Gasteiger partial charge in [0.15, 0.2) is 0 Å². The van der Waals surface area contributed by atoms with Gasteiger partial charge in [0, 0.05) is 0 Å². The summed E-state index contributed by atoms with van der Waals surface area (Å²) in [5.74, 6) is -0.626. The van der Waals surface area contributed by atoms with Crippen LogP contribution in [0.2, 0.25) is 0 Å². The van der Waals surface area contributed by atoms with Crippen molar-refractivity contribution in [2.45, 2.75) is 0 Å². The summed E-state index contributed by atoms with van der Waals surface area (Å²) in [6.07, 6.45) is 0. The van der Waals surface area contributed by atoms with E-state index in [0.717, 1.165) is 12.1 Å². The topological polar surface area (TPSA) is 17.1 Å². The summed E-state index contributed by atoms with van der Waals surface area (Å²) in [7, 11) is 0. The first-order valence-electron chi connectivity index (χ1n) is 3.25. The van der Waals surface area contributed by atoms with Gasteiger partial charge in [-0.1, -0.05) is 0 Å². The Bertz CT molecular complexity index is 280. The van der Waals surface area contributed by atoms with Crippen LogP contribution in [0.5, 0.6) is 0 Å². The zero-order chi connectivity index (χ0) is 8.43. The van der Waals surface area contributed by atoms with Crippen molar-refractivity contribution in [1.82, 2.24) is 0 Å². The molecule has 1 nitrogen and oxygen atoms in total. The third kappa shape index (κ3) is 1.72. The standard InChI is InChI=1S/C6H4AsFO/c8-6-3-1-5(7-9)2-4-6/h1-4H/i1D,2D. The van der Waals surface area contributed by atoms with Crippen LogP contribution in [0.15, 0.2) is 24.2 Å². The summed E-state index contributed by atoms with van der Waals surface area (Å²) in [4.78, 5) is 0.